The molecule has 0 aliphatic carbocycles. The molecule has 0 unspecified atom stereocenters. The first-order valence-corrected chi connectivity index (χ1v) is 5.54. The summed E-state index contributed by atoms with van der Waals surface area (Å²) in [5, 5.41) is 3.46. The maximum Gasteiger partial charge on any atom is 0.233 e. The Morgan fingerprint density at radius 1 is 1.69 bits per heavy atom. The van der Waals surface area contributed by atoms with Crippen LogP contribution in [0.2, 0.25) is 0 Å². The molecule has 0 fully saturated rings. The van der Waals surface area contributed by atoms with Gasteiger partial charge >= 0.3 is 0 Å². The van der Waals surface area contributed by atoms with Crippen LogP contribution in [0.5, 0.6) is 0 Å². The van der Waals surface area contributed by atoms with Gasteiger partial charge in [0, 0.05) is 7.05 Å². The molecule has 0 spiro atoms. The molecule has 0 aliphatic rings. The van der Waals surface area contributed by atoms with Gasteiger partial charge in [0.05, 0.1) is 18.6 Å². The Morgan fingerprint density at radius 3 is 3.00 bits per heavy atom. The van der Waals surface area contributed by atoms with E-state index in [9.17, 15) is 4.79 Å². The molecule has 0 bridgehead atoms. The van der Waals surface area contributed by atoms with E-state index < -0.39 is 0 Å². The molecule has 0 saturated carbocycles. The summed E-state index contributed by atoms with van der Waals surface area (Å²) in [4.78, 5) is 13.2. The van der Waals surface area contributed by atoms with Crippen LogP contribution in [0.25, 0.3) is 0 Å². The highest BCUT2D eigenvalue weighted by atomic mass is 32.2. The zero-order chi connectivity index (χ0) is 12.0. The summed E-state index contributed by atoms with van der Waals surface area (Å²) in [6, 6.07) is 3.59. The Labute approximate surface area is 97.6 Å². The van der Waals surface area contributed by atoms with Gasteiger partial charge in [0.1, 0.15) is 5.76 Å². The minimum atomic E-state index is -0.0620. The fourth-order valence-corrected chi connectivity index (χ4v) is 1.57. The number of nitrogens with two attached hydrogens (primary N) is 2. The maximum absolute atomic E-state index is 11.6. The highest BCUT2D eigenvalue weighted by Crippen LogP contribution is 2.06. The monoisotopic (exact) mass is 242 g/mol. The Bertz CT molecular complexity index is 364. The molecule has 0 aromatic carbocycles. The number of carbonyl (C=O) groups excluding carboxylic acids is 1. The highest BCUT2D eigenvalue weighted by Gasteiger charge is 2.11. The molecule has 88 valence electrons. The summed E-state index contributed by atoms with van der Waals surface area (Å²) in [7, 11) is 1.70. The van der Waals surface area contributed by atoms with Crippen molar-refractivity contribution in [2.45, 2.75) is 6.54 Å². The van der Waals surface area contributed by atoms with Crippen LogP contribution in [-0.4, -0.2) is 28.8 Å². The van der Waals surface area contributed by atoms with Crippen LogP contribution in [0.4, 0.5) is 0 Å². The predicted octanol–water partition coefficient (Wildman–Crippen LogP) is 0.160. The maximum atomic E-state index is 11.6. The van der Waals surface area contributed by atoms with Crippen molar-refractivity contribution in [1.82, 2.24) is 4.90 Å². The van der Waals surface area contributed by atoms with Crippen molar-refractivity contribution in [2.75, 3.05) is 12.8 Å². The van der Waals surface area contributed by atoms with E-state index in [1.807, 2.05) is 6.07 Å². The zero-order valence-corrected chi connectivity index (χ0v) is 9.74. The summed E-state index contributed by atoms with van der Waals surface area (Å²) in [6.07, 6.45) is 1.57. The lowest BCUT2D eigenvalue weighted by molar-refractivity contribution is -0.127. The number of amides is 1. The van der Waals surface area contributed by atoms with Crippen LogP contribution in [0.15, 0.2) is 27.9 Å². The van der Waals surface area contributed by atoms with E-state index in [0.717, 1.165) is 17.5 Å². The molecule has 1 aromatic rings. The van der Waals surface area contributed by atoms with Crippen LogP contribution in [-0.2, 0) is 11.3 Å². The van der Waals surface area contributed by atoms with E-state index in [2.05, 4.69) is 5.10 Å². The third-order valence-electron chi connectivity index (χ3n) is 1.87. The van der Waals surface area contributed by atoms with Crippen molar-refractivity contribution in [3.8, 4) is 0 Å². The number of amidine groups is 1. The fourth-order valence-electron chi connectivity index (χ4n) is 1.01. The van der Waals surface area contributed by atoms with Crippen molar-refractivity contribution >= 4 is 22.8 Å². The summed E-state index contributed by atoms with van der Waals surface area (Å²) in [5.74, 6) is 5.83. The van der Waals surface area contributed by atoms with Gasteiger partial charge < -0.3 is 20.9 Å². The third kappa shape index (κ3) is 3.85. The molecule has 1 heterocycles. The molecule has 1 rings (SSSR count). The Morgan fingerprint density at radius 2 is 2.44 bits per heavy atom. The Kier molecular flexibility index (Phi) is 4.71. The number of hydrogen-bond acceptors (Lipinski definition) is 5. The van der Waals surface area contributed by atoms with Crippen LogP contribution >= 0.6 is 11.8 Å². The fraction of sp³-hybridized carbons (Fsp3) is 0.333. The van der Waals surface area contributed by atoms with Gasteiger partial charge in [0.25, 0.3) is 0 Å². The average Bonchev–Trinajstić information content (AvgIpc) is 2.77. The van der Waals surface area contributed by atoms with E-state index >= 15 is 0 Å². The standard InChI is InChI=1S/C9H14N4O2S/c1-13(5-7-3-2-4-15-7)8(14)6-16-9(10)12-11/h2-4H,5-6,11H2,1H3,(H2,10,12). The molecule has 0 saturated heterocycles. The van der Waals surface area contributed by atoms with Crippen LogP contribution in [0.3, 0.4) is 0 Å². The number of carbonyl (C=O) groups is 1. The Balaban J connectivity index is 2.36. The van der Waals surface area contributed by atoms with Gasteiger partial charge in [0.2, 0.25) is 5.91 Å². The number of hydrogen-bond donors (Lipinski definition) is 2. The number of nitrogens with zero attached hydrogens (tertiary/aromatic N) is 2. The van der Waals surface area contributed by atoms with Gasteiger partial charge in [-0.2, -0.15) is 5.10 Å². The van der Waals surface area contributed by atoms with Gasteiger partial charge in [-0.25, -0.2) is 0 Å². The van der Waals surface area contributed by atoms with E-state index in [0.29, 0.717) is 6.54 Å². The normalized spacial score (nSPS) is 11.4. The van der Waals surface area contributed by atoms with Crippen molar-refractivity contribution in [1.29, 1.82) is 0 Å². The van der Waals surface area contributed by atoms with Crippen molar-refractivity contribution in [3.05, 3.63) is 24.2 Å². The van der Waals surface area contributed by atoms with Gasteiger partial charge in [-0.3, -0.25) is 4.79 Å². The van der Waals surface area contributed by atoms with Crippen LogP contribution < -0.4 is 11.6 Å². The number of thioether (sulfide) groups is 1. The molecule has 0 aliphatic heterocycles. The van der Waals surface area contributed by atoms with Crippen LogP contribution in [0, 0.1) is 0 Å². The SMILES string of the molecule is CN(Cc1ccco1)C(=O)CSC(N)=NN. The molecule has 1 amide bonds. The smallest absolute Gasteiger partial charge is 0.233 e. The molecule has 0 atom stereocenters. The molecular weight excluding hydrogens is 228 g/mol. The minimum Gasteiger partial charge on any atom is -0.467 e. The van der Waals surface area contributed by atoms with Crippen molar-refractivity contribution in [3.63, 3.8) is 0 Å². The second-order valence-electron chi connectivity index (χ2n) is 3.09. The molecule has 16 heavy (non-hydrogen) atoms. The quantitative estimate of drug-likeness (QED) is 0.339. The Hall–Kier alpha value is -1.63. The second kappa shape index (κ2) is 6.06. The van der Waals surface area contributed by atoms with Crippen molar-refractivity contribution in [2.24, 2.45) is 16.7 Å². The van der Waals surface area contributed by atoms with E-state index in [1.54, 1.807) is 24.3 Å². The average molecular weight is 242 g/mol. The first kappa shape index (κ1) is 12.4. The highest BCUT2D eigenvalue weighted by molar-refractivity contribution is 8.14. The number of hydrazone groups is 1. The van der Waals surface area contributed by atoms with E-state index in [1.165, 1.54) is 0 Å². The molecule has 7 heteroatoms. The third-order valence-corrected chi connectivity index (χ3v) is 2.66. The van der Waals surface area contributed by atoms with Gasteiger partial charge in [-0.05, 0) is 12.1 Å². The lowest BCUT2D eigenvalue weighted by Gasteiger charge is -2.14. The largest absolute Gasteiger partial charge is 0.467 e. The minimum absolute atomic E-state index is 0.0620. The zero-order valence-electron chi connectivity index (χ0n) is 8.92. The first-order chi connectivity index (χ1) is 7.63. The molecule has 4 N–H and O–H groups in total. The predicted molar refractivity (Wildman–Crippen MR) is 63.4 cm³/mol. The summed E-state index contributed by atoms with van der Waals surface area (Å²) in [5.41, 5.74) is 5.36. The summed E-state index contributed by atoms with van der Waals surface area (Å²) >= 11 is 1.11. The number of rotatable bonds is 4. The molecular formula is C9H14N4O2S. The molecule has 6 nitrogen and oxygen atoms in total. The number of furan rings is 1. The molecule has 1 aromatic heterocycles. The first-order valence-electron chi connectivity index (χ1n) is 4.56. The molecule has 0 radical (unpaired) electrons. The summed E-state index contributed by atoms with van der Waals surface area (Å²) in [6.45, 7) is 0.437. The second-order valence-corrected chi connectivity index (χ2v) is 4.08. The summed E-state index contributed by atoms with van der Waals surface area (Å²) < 4.78 is 5.13. The lowest BCUT2D eigenvalue weighted by Crippen LogP contribution is -2.28. The van der Waals surface area contributed by atoms with Gasteiger partial charge in [0.15, 0.2) is 5.17 Å². The van der Waals surface area contributed by atoms with Gasteiger partial charge in [-0.1, -0.05) is 11.8 Å². The van der Waals surface area contributed by atoms with Crippen LogP contribution in [0.1, 0.15) is 5.76 Å². The van der Waals surface area contributed by atoms with E-state index in [4.69, 9.17) is 16.0 Å². The van der Waals surface area contributed by atoms with Crippen molar-refractivity contribution < 1.29 is 9.21 Å². The van der Waals surface area contributed by atoms with Gasteiger partial charge in [-0.15, -0.1) is 0 Å². The van der Waals surface area contributed by atoms with E-state index in [-0.39, 0.29) is 16.8 Å². The lowest BCUT2D eigenvalue weighted by atomic mass is 10.4. The topological polar surface area (TPSA) is 97.8 Å².